The van der Waals surface area contributed by atoms with E-state index < -0.39 is 0 Å². The van der Waals surface area contributed by atoms with Crippen molar-refractivity contribution < 1.29 is 0 Å². The molecule has 2 heterocycles. The molecular formula is C14H20N2. The van der Waals surface area contributed by atoms with E-state index in [0.29, 0.717) is 5.54 Å². The van der Waals surface area contributed by atoms with Crippen LogP contribution in [0.4, 0.5) is 0 Å². The molecule has 1 aromatic rings. The molecule has 1 N–H and O–H groups in total. The first-order valence-corrected chi connectivity index (χ1v) is 6.38. The third-order valence-electron chi connectivity index (χ3n) is 4.01. The molecule has 2 heteroatoms. The predicted molar refractivity (Wildman–Crippen MR) is 66.3 cm³/mol. The van der Waals surface area contributed by atoms with Crippen molar-refractivity contribution in [2.45, 2.75) is 31.3 Å². The minimum absolute atomic E-state index is 0.467. The molecule has 0 saturated carbocycles. The lowest BCUT2D eigenvalue weighted by atomic mass is 9.97. The lowest BCUT2D eigenvalue weighted by Crippen LogP contribution is -2.42. The SMILES string of the molecule is c1ccc(CN2CC[C@]3(CCCN3)C2)cc1. The fourth-order valence-corrected chi connectivity index (χ4v) is 3.15. The summed E-state index contributed by atoms with van der Waals surface area (Å²) in [7, 11) is 0. The number of benzene rings is 1. The molecule has 3 rings (SSSR count). The smallest absolute Gasteiger partial charge is 0.0321 e. The third kappa shape index (κ3) is 2.00. The maximum Gasteiger partial charge on any atom is 0.0321 e. The molecule has 0 bridgehead atoms. The van der Waals surface area contributed by atoms with Crippen molar-refractivity contribution >= 4 is 0 Å². The van der Waals surface area contributed by atoms with Crippen LogP contribution < -0.4 is 5.32 Å². The van der Waals surface area contributed by atoms with Crippen molar-refractivity contribution in [1.29, 1.82) is 0 Å². The average molecular weight is 216 g/mol. The topological polar surface area (TPSA) is 15.3 Å². The van der Waals surface area contributed by atoms with Gasteiger partial charge < -0.3 is 5.32 Å². The Morgan fingerprint density at radius 1 is 1.19 bits per heavy atom. The van der Waals surface area contributed by atoms with Gasteiger partial charge in [-0.15, -0.1) is 0 Å². The van der Waals surface area contributed by atoms with Crippen LogP contribution in [-0.4, -0.2) is 30.1 Å². The summed E-state index contributed by atoms with van der Waals surface area (Å²) in [5.74, 6) is 0. The van der Waals surface area contributed by atoms with Crippen LogP contribution in [0.5, 0.6) is 0 Å². The zero-order valence-electron chi connectivity index (χ0n) is 9.78. The average Bonchev–Trinajstić information content (AvgIpc) is 2.92. The molecule has 86 valence electrons. The Bertz CT molecular complexity index is 341. The van der Waals surface area contributed by atoms with Gasteiger partial charge in [0.1, 0.15) is 0 Å². The van der Waals surface area contributed by atoms with E-state index in [0.717, 1.165) is 6.54 Å². The molecule has 2 saturated heterocycles. The molecule has 2 nitrogen and oxygen atoms in total. The molecule has 16 heavy (non-hydrogen) atoms. The Morgan fingerprint density at radius 3 is 2.81 bits per heavy atom. The van der Waals surface area contributed by atoms with E-state index in [1.807, 2.05) is 0 Å². The zero-order valence-corrected chi connectivity index (χ0v) is 9.78. The second-order valence-electron chi connectivity index (χ2n) is 5.26. The molecule has 1 spiro atoms. The maximum atomic E-state index is 3.71. The predicted octanol–water partition coefficient (Wildman–Crippen LogP) is 2.01. The fourth-order valence-electron chi connectivity index (χ4n) is 3.15. The monoisotopic (exact) mass is 216 g/mol. The van der Waals surface area contributed by atoms with Crippen LogP contribution in [0.1, 0.15) is 24.8 Å². The highest BCUT2D eigenvalue weighted by Gasteiger charge is 2.39. The van der Waals surface area contributed by atoms with Crippen LogP contribution in [0.2, 0.25) is 0 Å². The first-order chi connectivity index (χ1) is 7.86. The summed E-state index contributed by atoms with van der Waals surface area (Å²) in [5.41, 5.74) is 1.91. The molecule has 0 unspecified atom stereocenters. The Hall–Kier alpha value is -0.860. The van der Waals surface area contributed by atoms with Crippen molar-refractivity contribution in [2.75, 3.05) is 19.6 Å². The summed E-state index contributed by atoms with van der Waals surface area (Å²) in [6.45, 7) is 4.83. The van der Waals surface area contributed by atoms with Gasteiger partial charge in [0.2, 0.25) is 0 Å². The largest absolute Gasteiger partial charge is 0.310 e. The first kappa shape index (κ1) is 10.3. The van der Waals surface area contributed by atoms with Crippen molar-refractivity contribution in [3.05, 3.63) is 35.9 Å². The molecule has 0 radical (unpaired) electrons. The molecule has 0 aromatic heterocycles. The van der Waals surface area contributed by atoms with E-state index in [1.165, 1.54) is 44.5 Å². The second kappa shape index (κ2) is 4.19. The minimum Gasteiger partial charge on any atom is -0.310 e. The lowest BCUT2D eigenvalue weighted by Gasteiger charge is -2.24. The first-order valence-electron chi connectivity index (χ1n) is 6.38. The standard InChI is InChI=1S/C14H20N2/c1-2-5-13(6-3-1)11-16-10-8-14(12-16)7-4-9-15-14/h1-3,5-6,15H,4,7-12H2/t14-/m1/s1. The van der Waals surface area contributed by atoms with Gasteiger partial charge in [-0.05, 0) is 31.4 Å². The number of likely N-dealkylation sites (tertiary alicyclic amines) is 1. The van der Waals surface area contributed by atoms with Crippen LogP contribution >= 0.6 is 0 Å². The number of hydrogen-bond donors (Lipinski definition) is 1. The minimum atomic E-state index is 0.467. The summed E-state index contributed by atoms with van der Waals surface area (Å²) in [5, 5.41) is 3.71. The summed E-state index contributed by atoms with van der Waals surface area (Å²) in [4.78, 5) is 2.59. The molecule has 2 fully saturated rings. The summed E-state index contributed by atoms with van der Waals surface area (Å²) >= 11 is 0. The van der Waals surface area contributed by atoms with Gasteiger partial charge in [0.05, 0.1) is 0 Å². The van der Waals surface area contributed by atoms with Crippen molar-refractivity contribution in [2.24, 2.45) is 0 Å². The van der Waals surface area contributed by atoms with Gasteiger partial charge in [0.15, 0.2) is 0 Å². The second-order valence-corrected chi connectivity index (χ2v) is 5.26. The van der Waals surface area contributed by atoms with E-state index in [9.17, 15) is 0 Å². The van der Waals surface area contributed by atoms with Crippen molar-refractivity contribution in [1.82, 2.24) is 10.2 Å². The Labute approximate surface area is 97.6 Å². The van der Waals surface area contributed by atoms with Gasteiger partial charge >= 0.3 is 0 Å². The number of nitrogens with one attached hydrogen (secondary N) is 1. The molecule has 1 aromatic carbocycles. The van der Waals surface area contributed by atoms with Crippen LogP contribution in [0.3, 0.4) is 0 Å². The normalized spacial score (nSPS) is 30.2. The molecule has 2 aliphatic heterocycles. The van der Waals surface area contributed by atoms with Gasteiger partial charge in [-0.25, -0.2) is 0 Å². The fraction of sp³-hybridized carbons (Fsp3) is 0.571. The number of nitrogens with zero attached hydrogens (tertiary/aromatic N) is 1. The van der Waals surface area contributed by atoms with Crippen molar-refractivity contribution in [3.63, 3.8) is 0 Å². The molecule has 1 atom stereocenters. The van der Waals surface area contributed by atoms with Gasteiger partial charge in [0, 0.05) is 25.2 Å². The Morgan fingerprint density at radius 2 is 2.06 bits per heavy atom. The Balaban J connectivity index is 1.62. The molecule has 2 aliphatic rings. The molecule has 0 amide bonds. The molecule has 0 aliphatic carbocycles. The lowest BCUT2D eigenvalue weighted by molar-refractivity contribution is 0.291. The van der Waals surface area contributed by atoms with Gasteiger partial charge in [0.25, 0.3) is 0 Å². The van der Waals surface area contributed by atoms with E-state index >= 15 is 0 Å². The van der Waals surface area contributed by atoms with Crippen LogP contribution in [0, 0.1) is 0 Å². The van der Waals surface area contributed by atoms with Crippen LogP contribution in [-0.2, 0) is 6.54 Å². The summed E-state index contributed by atoms with van der Waals surface area (Å²) in [6, 6.07) is 10.8. The maximum absolute atomic E-state index is 3.71. The van der Waals surface area contributed by atoms with E-state index in [2.05, 4.69) is 40.5 Å². The Kier molecular flexibility index (Phi) is 2.70. The quantitative estimate of drug-likeness (QED) is 0.813. The third-order valence-corrected chi connectivity index (χ3v) is 4.01. The molecular weight excluding hydrogens is 196 g/mol. The number of hydrogen-bond acceptors (Lipinski definition) is 2. The van der Waals surface area contributed by atoms with E-state index in [-0.39, 0.29) is 0 Å². The summed E-state index contributed by atoms with van der Waals surface area (Å²) < 4.78 is 0. The van der Waals surface area contributed by atoms with Crippen LogP contribution in [0.15, 0.2) is 30.3 Å². The van der Waals surface area contributed by atoms with Crippen molar-refractivity contribution in [3.8, 4) is 0 Å². The van der Waals surface area contributed by atoms with Crippen LogP contribution in [0.25, 0.3) is 0 Å². The van der Waals surface area contributed by atoms with Gasteiger partial charge in [-0.1, -0.05) is 30.3 Å². The zero-order chi connectivity index (χ0) is 10.8. The highest BCUT2D eigenvalue weighted by Crippen LogP contribution is 2.30. The number of rotatable bonds is 2. The van der Waals surface area contributed by atoms with Gasteiger partial charge in [-0.3, -0.25) is 4.90 Å². The summed E-state index contributed by atoms with van der Waals surface area (Å²) in [6.07, 6.45) is 4.07. The highest BCUT2D eigenvalue weighted by molar-refractivity contribution is 5.15. The highest BCUT2D eigenvalue weighted by atomic mass is 15.2. The van der Waals surface area contributed by atoms with E-state index in [4.69, 9.17) is 0 Å². The van der Waals surface area contributed by atoms with Gasteiger partial charge in [-0.2, -0.15) is 0 Å². The van der Waals surface area contributed by atoms with E-state index in [1.54, 1.807) is 0 Å².